The molecule has 0 heterocycles. The zero-order valence-corrected chi connectivity index (χ0v) is 18.2. The highest BCUT2D eigenvalue weighted by atomic mass is 16.5. The van der Waals surface area contributed by atoms with E-state index >= 15 is 0 Å². The fourth-order valence-electron chi connectivity index (χ4n) is 3.02. The third-order valence-electron chi connectivity index (χ3n) is 4.85. The minimum atomic E-state index is -0.989. The van der Waals surface area contributed by atoms with Crippen molar-refractivity contribution in [1.29, 1.82) is 5.26 Å². The van der Waals surface area contributed by atoms with Gasteiger partial charge in [-0.1, -0.05) is 36.4 Å². The van der Waals surface area contributed by atoms with Crippen molar-refractivity contribution >= 4 is 23.6 Å². The zero-order chi connectivity index (χ0) is 23.8. The summed E-state index contributed by atoms with van der Waals surface area (Å²) in [6.45, 7) is 2.09. The molecule has 0 spiro atoms. The third kappa shape index (κ3) is 5.99. The summed E-state index contributed by atoms with van der Waals surface area (Å²) in [5, 5.41) is 21.2. The molecule has 0 atom stereocenters. The lowest BCUT2D eigenvalue weighted by Gasteiger charge is -2.12. The lowest BCUT2D eigenvalue weighted by atomic mass is 10.1. The first-order valence-corrected chi connectivity index (χ1v) is 10.0. The largest absolute Gasteiger partial charge is 0.493 e. The van der Waals surface area contributed by atoms with Crippen LogP contribution in [-0.4, -0.2) is 24.1 Å². The van der Waals surface area contributed by atoms with Crippen LogP contribution in [0.2, 0.25) is 0 Å². The molecular weight excluding hydrogens is 420 g/mol. The SMILES string of the molecule is COc1cc(/C=C(\C#N)C(=O)Nc2ccccc2C)ccc1OCc1ccc(C(=O)O)cc1. The van der Waals surface area contributed by atoms with Gasteiger partial charge >= 0.3 is 5.97 Å². The average Bonchev–Trinajstić information content (AvgIpc) is 2.83. The highest BCUT2D eigenvalue weighted by molar-refractivity contribution is 6.10. The second-order valence-electron chi connectivity index (χ2n) is 7.14. The van der Waals surface area contributed by atoms with Crippen molar-refractivity contribution < 1.29 is 24.2 Å². The second-order valence-corrected chi connectivity index (χ2v) is 7.14. The Kier molecular flexibility index (Phi) is 7.45. The van der Waals surface area contributed by atoms with E-state index in [1.54, 1.807) is 36.4 Å². The number of rotatable bonds is 8. The topological polar surface area (TPSA) is 109 Å². The van der Waals surface area contributed by atoms with Gasteiger partial charge in [-0.15, -0.1) is 0 Å². The molecule has 3 rings (SSSR count). The molecule has 0 radical (unpaired) electrons. The molecule has 7 nitrogen and oxygen atoms in total. The Morgan fingerprint density at radius 1 is 1.06 bits per heavy atom. The maximum atomic E-state index is 12.6. The number of aromatic carboxylic acids is 1. The van der Waals surface area contributed by atoms with Crippen LogP contribution in [0.5, 0.6) is 11.5 Å². The Morgan fingerprint density at radius 2 is 1.79 bits per heavy atom. The first kappa shape index (κ1) is 23.1. The first-order chi connectivity index (χ1) is 15.9. The lowest BCUT2D eigenvalue weighted by molar-refractivity contribution is -0.112. The Balaban J connectivity index is 1.74. The van der Waals surface area contributed by atoms with E-state index < -0.39 is 11.9 Å². The monoisotopic (exact) mass is 442 g/mol. The van der Waals surface area contributed by atoms with Crippen LogP contribution in [0, 0.1) is 18.3 Å². The van der Waals surface area contributed by atoms with Crippen molar-refractivity contribution in [2.75, 3.05) is 12.4 Å². The molecule has 0 saturated carbocycles. The number of ether oxygens (including phenoxy) is 2. The molecule has 0 unspecified atom stereocenters. The molecule has 33 heavy (non-hydrogen) atoms. The zero-order valence-electron chi connectivity index (χ0n) is 18.2. The molecule has 0 aliphatic heterocycles. The highest BCUT2D eigenvalue weighted by Crippen LogP contribution is 2.30. The average molecular weight is 442 g/mol. The lowest BCUT2D eigenvalue weighted by Crippen LogP contribution is -2.14. The predicted molar refractivity (Wildman–Crippen MR) is 124 cm³/mol. The van der Waals surface area contributed by atoms with Crippen LogP contribution in [0.1, 0.15) is 27.0 Å². The van der Waals surface area contributed by atoms with E-state index in [0.29, 0.717) is 22.7 Å². The van der Waals surface area contributed by atoms with Crippen LogP contribution in [0.15, 0.2) is 72.3 Å². The van der Waals surface area contributed by atoms with Crippen LogP contribution in [0.3, 0.4) is 0 Å². The van der Waals surface area contributed by atoms with E-state index in [1.165, 1.54) is 25.3 Å². The molecule has 166 valence electrons. The summed E-state index contributed by atoms with van der Waals surface area (Å²) in [4.78, 5) is 23.5. The summed E-state index contributed by atoms with van der Waals surface area (Å²) in [5.74, 6) is -0.588. The quantitative estimate of drug-likeness (QED) is 0.382. The minimum Gasteiger partial charge on any atom is -0.493 e. The van der Waals surface area contributed by atoms with E-state index in [0.717, 1.165) is 11.1 Å². The Hall–Kier alpha value is -4.57. The van der Waals surface area contributed by atoms with Crippen LogP contribution in [0.25, 0.3) is 6.08 Å². The Bertz CT molecular complexity index is 1240. The number of nitrogens with one attached hydrogen (secondary N) is 1. The number of carbonyl (C=O) groups excluding carboxylic acids is 1. The number of nitrogens with zero attached hydrogens (tertiary/aromatic N) is 1. The Morgan fingerprint density at radius 3 is 2.42 bits per heavy atom. The van der Waals surface area contributed by atoms with Gasteiger partial charge in [0.1, 0.15) is 18.2 Å². The van der Waals surface area contributed by atoms with Gasteiger partial charge in [-0.3, -0.25) is 4.79 Å². The van der Waals surface area contributed by atoms with Crippen LogP contribution in [0.4, 0.5) is 5.69 Å². The van der Waals surface area contributed by atoms with Gasteiger partial charge in [0.05, 0.1) is 12.7 Å². The first-order valence-electron chi connectivity index (χ1n) is 10.0. The summed E-state index contributed by atoms with van der Waals surface area (Å²) < 4.78 is 11.2. The van der Waals surface area contributed by atoms with E-state index in [4.69, 9.17) is 14.6 Å². The van der Waals surface area contributed by atoms with Gasteiger partial charge < -0.3 is 19.9 Å². The number of para-hydroxylation sites is 1. The number of carboxylic acid groups (broad SMARTS) is 1. The maximum absolute atomic E-state index is 12.6. The van der Waals surface area contributed by atoms with Crippen LogP contribution in [-0.2, 0) is 11.4 Å². The third-order valence-corrected chi connectivity index (χ3v) is 4.85. The van der Waals surface area contributed by atoms with E-state index in [9.17, 15) is 14.9 Å². The molecule has 0 aliphatic rings. The van der Waals surface area contributed by atoms with Gasteiger partial charge in [-0.05, 0) is 60.0 Å². The van der Waals surface area contributed by atoms with E-state index in [2.05, 4.69) is 5.32 Å². The van der Waals surface area contributed by atoms with Gasteiger partial charge in [0.25, 0.3) is 5.91 Å². The van der Waals surface area contributed by atoms with Crippen molar-refractivity contribution in [3.8, 4) is 17.6 Å². The summed E-state index contributed by atoms with van der Waals surface area (Å²) >= 11 is 0. The number of amides is 1. The molecule has 0 aromatic heterocycles. The number of hydrogen-bond acceptors (Lipinski definition) is 5. The fourth-order valence-corrected chi connectivity index (χ4v) is 3.02. The number of nitriles is 1. The van der Waals surface area contributed by atoms with E-state index in [1.807, 2.05) is 31.2 Å². The molecule has 0 bridgehead atoms. The standard InChI is InChI=1S/C26H22N2O5/c1-17-5-3-4-6-22(17)28-25(29)21(15-27)13-19-9-12-23(24(14-19)32-2)33-16-18-7-10-20(11-8-18)26(30)31/h3-14H,16H2,1-2H3,(H,28,29)(H,30,31)/b21-13+. The number of hydrogen-bond donors (Lipinski definition) is 2. The van der Waals surface area contributed by atoms with E-state index in [-0.39, 0.29) is 17.7 Å². The minimum absolute atomic E-state index is 0.0486. The maximum Gasteiger partial charge on any atom is 0.335 e. The molecular formula is C26H22N2O5. The molecule has 3 aromatic carbocycles. The van der Waals surface area contributed by atoms with Crippen molar-refractivity contribution in [3.05, 3.63) is 94.6 Å². The van der Waals surface area contributed by atoms with Crippen molar-refractivity contribution in [2.45, 2.75) is 13.5 Å². The van der Waals surface area contributed by atoms with Gasteiger partial charge in [0, 0.05) is 5.69 Å². The number of aryl methyl sites for hydroxylation is 1. The predicted octanol–water partition coefficient (Wildman–Crippen LogP) is 4.83. The van der Waals surface area contributed by atoms with Gasteiger partial charge in [0.2, 0.25) is 0 Å². The molecule has 1 amide bonds. The molecule has 0 aliphatic carbocycles. The second kappa shape index (κ2) is 10.6. The normalized spacial score (nSPS) is 10.8. The number of benzene rings is 3. The number of carboxylic acids is 1. The molecule has 7 heteroatoms. The summed E-state index contributed by atoms with van der Waals surface area (Å²) in [6.07, 6.45) is 1.48. The van der Waals surface area contributed by atoms with Crippen molar-refractivity contribution in [2.24, 2.45) is 0 Å². The summed E-state index contributed by atoms with van der Waals surface area (Å²) in [7, 11) is 1.49. The summed E-state index contributed by atoms with van der Waals surface area (Å²) in [5.41, 5.74) is 3.08. The molecule has 0 fully saturated rings. The van der Waals surface area contributed by atoms with Gasteiger partial charge in [-0.2, -0.15) is 5.26 Å². The van der Waals surface area contributed by atoms with Crippen LogP contribution < -0.4 is 14.8 Å². The molecule has 3 aromatic rings. The Labute approximate surface area is 191 Å². The smallest absolute Gasteiger partial charge is 0.335 e. The van der Waals surface area contributed by atoms with Gasteiger partial charge in [-0.25, -0.2) is 4.79 Å². The van der Waals surface area contributed by atoms with Crippen LogP contribution >= 0.6 is 0 Å². The number of carbonyl (C=O) groups is 2. The highest BCUT2D eigenvalue weighted by Gasteiger charge is 2.12. The fraction of sp³-hybridized carbons (Fsp3) is 0.115. The molecule has 0 saturated heterocycles. The van der Waals surface area contributed by atoms with Gasteiger partial charge in [0.15, 0.2) is 11.5 Å². The van der Waals surface area contributed by atoms with Crippen molar-refractivity contribution in [3.63, 3.8) is 0 Å². The number of methoxy groups -OCH3 is 1. The number of anilines is 1. The molecule has 2 N–H and O–H groups in total. The van der Waals surface area contributed by atoms with Crippen molar-refractivity contribution in [1.82, 2.24) is 0 Å². The summed E-state index contributed by atoms with van der Waals surface area (Å²) in [6, 6.07) is 20.7.